The van der Waals surface area contributed by atoms with E-state index in [1.807, 2.05) is 18.2 Å². The topological polar surface area (TPSA) is 173 Å². The standard InChI is InChI=1S/C36H50N4O10/c1-27(19-15-12-13-16-20-29-23-37-25-49-29)31(42)35(3,4)33(43)38-22-18-14-10-8-9-11-17-21-30(41)40(45)36(24-48-26-50-36)34(44)39(5)32(47-7)28(2)46-6/h8-19,21,23,25,28,31-32,42,45H,20,22,24,26H2,1-7H3,(H,38,43)/b10-8+,11-9+,15-12-,16-13+,18-14-,21-17+,27-19-. The predicted molar refractivity (Wildman–Crippen MR) is 185 cm³/mol. The van der Waals surface area contributed by atoms with Crippen molar-refractivity contribution < 1.29 is 48.1 Å². The van der Waals surface area contributed by atoms with E-state index in [0.717, 1.165) is 11.8 Å². The predicted octanol–water partition coefficient (Wildman–Crippen LogP) is 3.39. The molecule has 1 fully saturated rings. The Labute approximate surface area is 293 Å². The number of rotatable bonds is 19. The van der Waals surface area contributed by atoms with Crippen molar-refractivity contribution in [1.29, 1.82) is 0 Å². The van der Waals surface area contributed by atoms with Crippen molar-refractivity contribution in [3.8, 4) is 0 Å². The van der Waals surface area contributed by atoms with Crippen molar-refractivity contribution in [3.05, 3.63) is 103 Å². The number of aromatic nitrogens is 1. The highest BCUT2D eigenvalue weighted by atomic mass is 16.8. The second-order valence-corrected chi connectivity index (χ2v) is 11.8. The average molecular weight is 699 g/mol. The van der Waals surface area contributed by atoms with E-state index < -0.39 is 41.4 Å². The zero-order chi connectivity index (χ0) is 37.2. The number of carbonyl (C=O) groups is 3. The van der Waals surface area contributed by atoms with Gasteiger partial charge >= 0.3 is 0 Å². The minimum atomic E-state index is -2.10. The fourth-order valence-electron chi connectivity index (χ4n) is 4.70. The number of oxazole rings is 1. The highest BCUT2D eigenvalue weighted by Crippen LogP contribution is 2.27. The smallest absolute Gasteiger partial charge is 0.282 e. The van der Waals surface area contributed by atoms with Crippen molar-refractivity contribution in [2.45, 2.75) is 58.3 Å². The van der Waals surface area contributed by atoms with Crippen molar-refractivity contribution >= 4 is 17.7 Å². The number of carbonyl (C=O) groups excluding carboxylic acids is 3. The monoisotopic (exact) mass is 698 g/mol. The zero-order valence-electron chi connectivity index (χ0n) is 29.7. The molecule has 0 spiro atoms. The SMILES string of the molecule is COC(C)C(OC)N(C)C(=O)C1(N(O)C(=O)/C=C/C=C/C=C/C=C\CNC(=O)C(C)(C)C(O)\C(C)=C/C=C\C=C\Cc2cnco2)COCO1. The lowest BCUT2D eigenvalue weighted by Gasteiger charge is -2.38. The van der Waals surface area contributed by atoms with Crippen LogP contribution in [0.4, 0.5) is 0 Å². The van der Waals surface area contributed by atoms with E-state index in [2.05, 4.69) is 10.3 Å². The Morgan fingerprint density at radius 2 is 1.72 bits per heavy atom. The zero-order valence-corrected chi connectivity index (χ0v) is 29.7. The molecule has 2 heterocycles. The minimum absolute atomic E-state index is 0.206. The summed E-state index contributed by atoms with van der Waals surface area (Å²) in [6.07, 6.45) is 23.0. The number of hydroxylamine groups is 2. The lowest BCUT2D eigenvalue weighted by Crippen LogP contribution is -2.63. The van der Waals surface area contributed by atoms with Crippen molar-refractivity contribution in [2.24, 2.45) is 5.41 Å². The van der Waals surface area contributed by atoms with Gasteiger partial charge in [-0.05, 0) is 33.3 Å². The second-order valence-electron chi connectivity index (χ2n) is 11.8. The number of hydrogen-bond acceptors (Lipinski definition) is 11. The molecule has 1 aliphatic rings. The average Bonchev–Trinajstić information content (AvgIpc) is 3.83. The number of allylic oxidation sites excluding steroid dienone is 11. The Hall–Kier alpha value is -4.44. The van der Waals surface area contributed by atoms with Gasteiger partial charge in [0.15, 0.2) is 19.4 Å². The molecule has 1 aromatic rings. The van der Waals surface area contributed by atoms with Gasteiger partial charge in [-0.25, -0.2) is 4.98 Å². The summed E-state index contributed by atoms with van der Waals surface area (Å²) in [4.78, 5) is 43.9. The van der Waals surface area contributed by atoms with Crippen LogP contribution in [0.5, 0.6) is 0 Å². The van der Waals surface area contributed by atoms with Gasteiger partial charge in [0, 0.05) is 40.3 Å². The van der Waals surface area contributed by atoms with Crippen molar-refractivity contribution in [2.75, 3.05) is 41.2 Å². The Morgan fingerprint density at radius 3 is 2.34 bits per heavy atom. The molecule has 0 bridgehead atoms. The molecular weight excluding hydrogens is 648 g/mol. The lowest BCUT2D eigenvalue weighted by molar-refractivity contribution is -0.250. The van der Waals surface area contributed by atoms with Crippen LogP contribution in [0.1, 0.15) is 33.5 Å². The van der Waals surface area contributed by atoms with Crippen LogP contribution in [0.3, 0.4) is 0 Å². The quantitative estimate of drug-likeness (QED) is 0.0636. The van der Waals surface area contributed by atoms with Crippen LogP contribution < -0.4 is 5.32 Å². The molecule has 0 saturated carbocycles. The van der Waals surface area contributed by atoms with Gasteiger partial charge in [0.25, 0.3) is 17.5 Å². The number of aliphatic hydroxyl groups excluding tert-OH is 1. The van der Waals surface area contributed by atoms with Gasteiger partial charge in [-0.15, -0.1) is 0 Å². The van der Waals surface area contributed by atoms with Crippen LogP contribution in [0, 0.1) is 5.41 Å². The maximum Gasteiger partial charge on any atom is 0.282 e. The van der Waals surface area contributed by atoms with Crippen LogP contribution >= 0.6 is 0 Å². The molecule has 1 saturated heterocycles. The summed E-state index contributed by atoms with van der Waals surface area (Å²) >= 11 is 0. The van der Waals surface area contributed by atoms with Crippen molar-refractivity contribution in [3.63, 3.8) is 0 Å². The second kappa shape index (κ2) is 20.9. The van der Waals surface area contributed by atoms with Gasteiger partial charge in [-0.2, -0.15) is 5.06 Å². The fourth-order valence-corrected chi connectivity index (χ4v) is 4.70. The van der Waals surface area contributed by atoms with Crippen LogP contribution in [-0.4, -0.2) is 108 Å². The molecule has 0 radical (unpaired) electrons. The molecule has 1 aromatic heterocycles. The summed E-state index contributed by atoms with van der Waals surface area (Å²) in [6.45, 7) is 6.40. The van der Waals surface area contributed by atoms with Gasteiger partial charge in [-0.3, -0.25) is 19.6 Å². The third-order valence-electron chi connectivity index (χ3n) is 7.81. The van der Waals surface area contributed by atoms with Gasteiger partial charge in [0.1, 0.15) is 12.4 Å². The van der Waals surface area contributed by atoms with E-state index in [1.165, 1.54) is 38.6 Å². The highest BCUT2D eigenvalue weighted by molar-refractivity contribution is 5.94. The molecule has 0 aromatic carbocycles. The number of hydrogen-bond donors (Lipinski definition) is 3. The Bertz CT molecular complexity index is 1440. The summed E-state index contributed by atoms with van der Waals surface area (Å²) in [7, 11) is 4.31. The number of aliphatic hydroxyl groups is 1. The Morgan fingerprint density at radius 1 is 1.06 bits per heavy atom. The van der Waals surface area contributed by atoms with Crippen LogP contribution in [0.25, 0.3) is 0 Å². The van der Waals surface area contributed by atoms with Crippen LogP contribution in [0.15, 0.2) is 102 Å². The summed E-state index contributed by atoms with van der Waals surface area (Å²) in [6, 6.07) is 0. The van der Waals surface area contributed by atoms with Crippen molar-refractivity contribution in [1.82, 2.24) is 20.3 Å². The fraction of sp³-hybridized carbons (Fsp3) is 0.444. The molecule has 4 atom stereocenters. The maximum absolute atomic E-state index is 13.3. The molecular formula is C36H50N4O10. The number of ether oxygens (including phenoxy) is 4. The molecule has 274 valence electrons. The Kier molecular flexibility index (Phi) is 17.5. The van der Waals surface area contributed by atoms with Gasteiger partial charge in [0.05, 0.1) is 23.8 Å². The molecule has 3 N–H and O–H groups in total. The van der Waals surface area contributed by atoms with E-state index in [1.54, 1.807) is 82.5 Å². The van der Waals surface area contributed by atoms with Gasteiger partial charge < -0.3 is 38.7 Å². The third kappa shape index (κ3) is 11.9. The molecule has 1 aliphatic heterocycles. The number of amides is 3. The molecule has 3 amide bonds. The molecule has 2 rings (SSSR count). The first-order valence-corrected chi connectivity index (χ1v) is 15.9. The summed E-state index contributed by atoms with van der Waals surface area (Å²) in [5, 5.41) is 24.5. The first-order chi connectivity index (χ1) is 23.8. The van der Waals surface area contributed by atoms with Gasteiger partial charge in [-0.1, -0.05) is 72.9 Å². The third-order valence-corrected chi connectivity index (χ3v) is 7.81. The first-order valence-electron chi connectivity index (χ1n) is 15.9. The maximum atomic E-state index is 13.3. The van der Waals surface area contributed by atoms with Crippen LogP contribution in [0.2, 0.25) is 0 Å². The molecule has 0 aliphatic carbocycles. The van der Waals surface area contributed by atoms with E-state index in [0.29, 0.717) is 12.0 Å². The Balaban J connectivity index is 1.82. The highest BCUT2D eigenvalue weighted by Gasteiger charge is 2.54. The number of likely N-dealkylation sites (N-methyl/N-ethyl adjacent to an activating group) is 1. The lowest BCUT2D eigenvalue weighted by atomic mass is 9.81. The van der Waals surface area contributed by atoms with E-state index in [4.69, 9.17) is 23.4 Å². The number of nitrogens with zero attached hydrogens (tertiary/aromatic N) is 3. The summed E-state index contributed by atoms with van der Waals surface area (Å²) in [5.74, 6) is -1.20. The molecule has 14 nitrogen and oxygen atoms in total. The van der Waals surface area contributed by atoms with E-state index in [9.17, 15) is 24.7 Å². The first kappa shape index (κ1) is 41.7. The minimum Gasteiger partial charge on any atom is -0.448 e. The molecule has 50 heavy (non-hydrogen) atoms. The molecule has 4 unspecified atom stereocenters. The van der Waals surface area contributed by atoms with Crippen LogP contribution in [-0.2, 0) is 39.8 Å². The normalized spacial score (nSPS) is 19.4. The number of nitrogens with one attached hydrogen (secondary N) is 1. The van der Waals surface area contributed by atoms with Gasteiger partial charge in [0.2, 0.25) is 5.91 Å². The molecule has 14 heteroatoms. The number of methoxy groups -OCH3 is 2. The largest absolute Gasteiger partial charge is 0.448 e. The summed E-state index contributed by atoms with van der Waals surface area (Å²) in [5.41, 5.74) is -2.51. The van der Waals surface area contributed by atoms with E-state index >= 15 is 0 Å². The summed E-state index contributed by atoms with van der Waals surface area (Å²) < 4.78 is 26.4. The van der Waals surface area contributed by atoms with E-state index in [-0.39, 0.29) is 30.9 Å².